The van der Waals surface area contributed by atoms with E-state index in [1.54, 1.807) is 24.4 Å². The van der Waals surface area contributed by atoms with E-state index in [9.17, 15) is 4.79 Å². The second-order valence-corrected chi connectivity index (χ2v) is 3.44. The van der Waals surface area contributed by atoms with Crippen LogP contribution in [0.25, 0.3) is 0 Å². The molecule has 0 radical (unpaired) electrons. The Bertz CT molecular complexity index is 461. The Labute approximate surface area is 92.7 Å². The lowest BCUT2D eigenvalue weighted by molar-refractivity contribution is -0.115. The molecule has 0 aliphatic heterocycles. The summed E-state index contributed by atoms with van der Waals surface area (Å²) in [5.74, 6) is 0.509. The second-order valence-electron chi connectivity index (χ2n) is 3.44. The van der Waals surface area contributed by atoms with Crippen molar-refractivity contribution in [2.24, 2.45) is 0 Å². The van der Waals surface area contributed by atoms with Gasteiger partial charge in [-0.1, -0.05) is 12.1 Å². The van der Waals surface area contributed by atoms with Crippen molar-refractivity contribution >= 4 is 17.4 Å². The predicted octanol–water partition coefficient (Wildman–Crippen LogP) is 1.17. The lowest BCUT2D eigenvalue weighted by Crippen LogP contribution is -2.14. The molecule has 0 unspecified atom stereocenters. The van der Waals surface area contributed by atoms with Crippen molar-refractivity contribution < 1.29 is 4.79 Å². The Morgan fingerprint density at radius 3 is 2.69 bits per heavy atom. The minimum absolute atomic E-state index is 0.0889. The molecule has 0 bridgehead atoms. The molecule has 1 amide bonds. The fourth-order valence-electron chi connectivity index (χ4n) is 1.34. The molecule has 16 heavy (non-hydrogen) atoms. The summed E-state index contributed by atoms with van der Waals surface area (Å²) in [5, 5.41) is 9.10. The second kappa shape index (κ2) is 4.48. The minimum atomic E-state index is -0.0889. The van der Waals surface area contributed by atoms with Crippen LogP contribution in [0.2, 0.25) is 0 Å². The summed E-state index contributed by atoms with van der Waals surface area (Å²) in [6.45, 7) is 0. The molecule has 5 nitrogen and oxygen atoms in total. The fraction of sp³-hybridized carbons (Fsp3) is 0.0909. The maximum absolute atomic E-state index is 11.6. The van der Waals surface area contributed by atoms with Crippen molar-refractivity contribution in [3.8, 4) is 0 Å². The summed E-state index contributed by atoms with van der Waals surface area (Å²) >= 11 is 0. The lowest BCUT2D eigenvalue weighted by Gasteiger charge is -2.02. The Kier molecular flexibility index (Phi) is 2.86. The first-order chi connectivity index (χ1) is 7.74. The van der Waals surface area contributed by atoms with Gasteiger partial charge in [-0.3, -0.25) is 9.89 Å². The number of aromatic amines is 1. The number of carbonyl (C=O) groups is 1. The van der Waals surface area contributed by atoms with Crippen LogP contribution in [0.15, 0.2) is 36.5 Å². The predicted molar refractivity (Wildman–Crippen MR) is 61.8 cm³/mol. The number of nitrogen functional groups attached to an aromatic ring is 1. The molecule has 0 fully saturated rings. The Morgan fingerprint density at radius 1 is 1.31 bits per heavy atom. The monoisotopic (exact) mass is 216 g/mol. The van der Waals surface area contributed by atoms with Crippen LogP contribution in [0.1, 0.15) is 5.56 Å². The lowest BCUT2D eigenvalue weighted by atomic mass is 10.1. The largest absolute Gasteiger partial charge is 0.399 e. The van der Waals surface area contributed by atoms with Gasteiger partial charge in [0.05, 0.1) is 12.6 Å². The molecule has 0 aliphatic rings. The van der Waals surface area contributed by atoms with Gasteiger partial charge in [0, 0.05) is 11.8 Å². The SMILES string of the molecule is Nc1ccc(CC(=O)Nc2ccn[nH]2)cc1. The summed E-state index contributed by atoms with van der Waals surface area (Å²) in [5.41, 5.74) is 7.17. The van der Waals surface area contributed by atoms with Crippen LogP contribution in [-0.2, 0) is 11.2 Å². The van der Waals surface area contributed by atoms with Crippen molar-refractivity contribution in [3.63, 3.8) is 0 Å². The maximum atomic E-state index is 11.6. The number of nitrogens with zero attached hydrogens (tertiary/aromatic N) is 1. The van der Waals surface area contributed by atoms with Gasteiger partial charge in [0.2, 0.25) is 5.91 Å². The van der Waals surface area contributed by atoms with Crippen molar-refractivity contribution in [2.45, 2.75) is 6.42 Å². The first-order valence-electron chi connectivity index (χ1n) is 4.88. The molecule has 0 aliphatic carbocycles. The number of amides is 1. The third-order valence-corrected chi connectivity index (χ3v) is 2.12. The highest BCUT2D eigenvalue weighted by Crippen LogP contribution is 2.07. The fourth-order valence-corrected chi connectivity index (χ4v) is 1.34. The number of hydrogen-bond acceptors (Lipinski definition) is 3. The van der Waals surface area contributed by atoms with Crippen LogP contribution in [0.5, 0.6) is 0 Å². The summed E-state index contributed by atoms with van der Waals surface area (Å²) in [4.78, 5) is 11.6. The Morgan fingerprint density at radius 2 is 2.06 bits per heavy atom. The summed E-state index contributed by atoms with van der Waals surface area (Å²) in [7, 11) is 0. The molecule has 1 aromatic heterocycles. The number of rotatable bonds is 3. The van der Waals surface area contributed by atoms with Gasteiger partial charge < -0.3 is 11.1 Å². The Hall–Kier alpha value is -2.30. The molecule has 4 N–H and O–H groups in total. The molecule has 2 rings (SSSR count). The first-order valence-corrected chi connectivity index (χ1v) is 4.88. The van der Waals surface area contributed by atoms with Gasteiger partial charge in [-0.25, -0.2) is 0 Å². The molecule has 1 aromatic carbocycles. The number of aromatic nitrogens is 2. The highest BCUT2D eigenvalue weighted by Gasteiger charge is 2.04. The van der Waals surface area contributed by atoms with E-state index >= 15 is 0 Å². The van der Waals surface area contributed by atoms with Crippen LogP contribution in [0, 0.1) is 0 Å². The molecule has 5 heteroatoms. The summed E-state index contributed by atoms with van der Waals surface area (Å²) < 4.78 is 0. The summed E-state index contributed by atoms with van der Waals surface area (Å²) in [6, 6.07) is 8.92. The van der Waals surface area contributed by atoms with Gasteiger partial charge in [-0.15, -0.1) is 0 Å². The molecule has 0 saturated heterocycles. The molecule has 0 spiro atoms. The third-order valence-electron chi connectivity index (χ3n) is 2.12. The van der Waals surface area contributed by atoms with E-state index in [-0.39, 0.29) is 5.91 Å². The average molecular weight is 216 g/mol. The number of nitrogens with one attached hydrogen (secondary N) is 2. The molecular weight excluding hydrogens is 204 g/mol. The number of benzene rings is 1. The van der Waals surface area contributed by atoms with E-state index < -0.39 is 0 Å². The zero-order chi connectivity index (χ0) is 11.4. The van der Waals surface area contributed by atoms with E-state index in [1.165, 1.54) is 0 Å². The molecular formula is C11H12N4O. The number of hydrogen-bond donors (Lipinski definition) is 3. The minimum Gasteiger partial charge on any atom is -0.399 e. The van der Waals surface area contributed by atoms with E-state index in [2.05, 4.69) is 15.5 Å². The van der Waals surface area contributed by atoms with E-state index in [0.29, 0.717) is 17.9 Å². The van der Waals surface area contributed by atoms with Crippen molar-refractivity contribution in [3.05, 3.63) is 42.1 Å². The van der Waals surface area contributed by atoms with Gasteiger partial charge in [0.1, 0.15) is 5.82 Å². The van der Waals surface area contributed by atoms with E-state index in [1.807, 2.05) is 12.1 Å². The molecule has 0 atom stereocenters. The van der Waals surface area contributed by atoms with Crippen LogP contribution >= 0.6 is 0 Å². The zero-order valence-electron chi connectivity index (χ0n) is 8.60. The van der Waals surface area contributed by atoms with E-state index in [0.717, 1.165) is 5.56 Å². The van der Waals surface area contributed by atoms with Gasteiger partial charge >= 0.3 is 0 Å². The third kappa shape index (κ3) is 2.60. The van der Waals surface area contributed by atoms with Crippen LogP contribution in [0.3, 0.4) is 0 Å². The topological polar surface area (TPSA) is 83.8 Å². The van der Waals surface area contributed by atoms with Crippen molar-refractivity contribution in [1.29, 1.82) is 0 Å². The first kappa shape index (κ1) is 10.2. The summed E-state index contributed by atoms with van der Waals surface area (Å²) in [6.07, 6.45) is 1.90. The van der Waals surface area contributed by atoms with Crippen molar-refractivity contribution in [1.82, 2.24) is 10.2 Å². The highest BCUT2D eigenvalue weighted by molar-refractivity contribution is 5.91. The number of carbonyl (C=O) groups excluding carboxylic acids is 1. The smallest absolute Gasteiger partial charge is 0.229 e. The average Bonchev–Trinajstić information content (AvgIpc) is 2.74. The standard InChI is InChI=1S/C11H12N4O/c12-9-3-1-8(2-4-9)7-11(16)14-10-5-6-13-15-10/h1-6H,7,12H2,(H2,13,14,15,16). The van der Waals surface area contributed by atoms with Crippen LogP contribution in [0.4, 0.5) is 11.5 Å². The maximum Gasteiger partial charge on any atom is 0.229 e. The number of nitrogens with two attached hydrogens (primary N) is 1. The number of H-pyrrole nitrogens is 1. The molecule has 0 saturated carbocycles. The quantitative estimate of drug-likeness (QED) is 0.673. The Balaban J connectivity index is 1.95. The van der Waals surface area contributed by atoms with Crippen molar-refractivity contribution in [2.75, 3.05) is 11.1 Å². The zero-order valence-corrected chi connectivity index (χ0v) is 8.60. The van der Waals surface area contributed by atoms with Crippen LogP contribution in [-0.4, -0.2) is 16.1 Å². The molecule has 82 valence electrons. The molecule has 2 aromatic rings. The molecule has 1 heterocycles. The van der Waals surface area contributed by atoms with Gasteiger partial charge in [0.25, 0.3) is 0 Å². The van der Waals surface area contributed by atoms with Crippen LogP contribution < -0.4 is 11.1 Å². The normalized spacial score (nSPS) is 10.0. The number of anilines is 2. The van der Waals surface area contributed by atoms with Gasteiger partial charge in [-0.05, 0) is 17.7 Å². The van der Waals surface area contributed by atoms with Gasteiger partial charge in [-0.2, -0.15) is 5.10 Å². The van der Waals surface area contributed by atoms with E-state index in [4.69, 9.17) is 5.73 Å². The highest BCUT2D eigenvalue weighted by atomic mass is 16.1. The van der Waals surface area contributed by atoms with Gasteiger partial charge in [0.15, 0.2) is 0 Å².